The molecule has 5 nitrogen and oxygen atoms in total. The van der Waals surface area contributed by atoms with Crippen LogP contribution < -0.4 is 5.32 Å². The van der Waals surface area contributed by atoms with Gasteiger partial charge < -0.3 is 5.32 Å². The first-order chi connectivity index (χ1) is 9.97. The van der Waals surface area contributed by atoms with Crippen molar-refractivity contribution in [2.24, 2.45) is 0 Å². The number of amides is 1. The molecule has 0 saturated carbocycles. The Kier molecular flexibility index (Phi) is 4.64. The largest absolute Gasteiger partial charge is 0.349 e. The lowest BCUT2D eigenvalue weighted by molar-refractivity contribution is -0.385. The molecule has 2 rings (SSSR count). The Morgan fingerprint density at radius 1 is 1.48 bits per heavy atom. The lowest BCUT2D eigenvalue weighted by Crippen LogP contribution is -2.34. The van der Waals surface area contributed by atoms with Crippen LogP contribution in [0.1, 0.15) is 22.2 Å². The molecule has 0 aliphatic rings. The van der Waals surface area contributed by atoms with Gasteiger partial charge in [-0.05, 0) is 30.5 Å². The van der Waals surface area contributed by atoms with Crippen LogP contribution in [0, 0.1) is 15.9 Å². The average molecular weight is 308 g/mol. The first-order valence-corrected chi connectivity index (χ1v) is 7.12. The van der Waals surface area contributed by atoms with Gasteiger partial charge in [0, 0.05) is 23.4 Å². The lowest BCUT2D eigenvalue weighted by atomic mass is 10.1. The zero-order valence-electron chi connectivity index (χ0n) is 11.2. The molecule has 1 amide bonds. The van der Waals surface area contributed by atoms with Gasteiger partial charge in [0.2, 0.25) is 0 Å². The molecule has 2 aromatic rings. The van der Waals surface area contributed by atoms with Gasteiger partial charge in [-0.25, -0.2) is 4.39 Å². The Labute approximate surface area is 124 Å². The van der Waals surface area contributed by atoms with E-state index in [4.69, 9.17) is 0 Å². The standard InChI is InChI=1S/C14H13FN2O3S/c1-9(7-11-3-2-6-21-11)16-14(18)12-8-10(15)4-5-13(12)17(19)20/h2-6,8-9H,7H2,1H3,(H,16,18). The van der Waals surface area contributed by atoms with Gasteiger partial charge in [-0.15, -0.1) is 11.3 Å². The van der Waals surface area contributed by atoms with Crippen molar-refractivity contribution in [3.05, 3.63) is 62.1 Å². The van der Waals surface area contributed by atoms with E-state index in [1.54, 1.807) is 18.3 Å². The maximum atomic E-state index is 13.2. The second-order valence-electron chi connectivity index (χ2n) is 4.58. The number of carbonyl (C=O) groups excluding carboxylic acids is 1. The summed E-state index contributed by atoms with van der Waals surface area (Å²) in [6.07, 6.45) is 0.618. The van der Waals surface area contributed by atoms with Crippen LogP contribution in [-0.2, 0) is 6.42 Å². The predicted molar refractivity (Wildman–Crippen MR) is 78.0 cm³/mol. The molecule has 0 fully saturated rings. The zero-order chi connectivity index (χ0) is 15.4. The van der Waals surface area contributed by atoms with Gasteiger partial charge in [0.25, 0.3) is 11.6 Å². The molecule has 1 aromatic carbocycles. The van der Waals surface area contributed by atoms with Crippen molar-refractivity contribution in [1.29, 1.82) is 0 Å². The number of rotatable bonds is 5. The Morgan fingerprint density at radius 3 is 2.86 bits per heavy atom. The molecule has 1 N–H and O–H groups in total. The number of hydrogen-bond donors (Lipinski definition) is 1. The van der Waals surface area contributed by atoms with Crippen molar-refractivity contribution in [3.8, 4) is 0 Å². The molecule has 0 radical (unpaired) electrons. The van der Waals surface area contributed by atoms with Gasteiger partial charge in [0.1, 0.15) is 11.4 Å². The quantitative estimate of drug-likeness (QED) is 0.681. The number of nitrogens with one attached hydrogen (secondary N) is 1. The van der Waals surface area contributed by atoms with Crippen molar-refractivity contribution in [2.75, 3.05) is 0 Å². The van der Waals surface area contributed by atoms with Crippen LogP contribution >= 0.6 is 11.3 Å². The molecule has 1 unspecified atom stereocenters. The number of carbonyl (C=O) groups is 1. The fraction of sp³-hybridized carbons (Fsp3) is 0.214. The molecule has 0 saturated heterocycles. The summed E-state index contributed by atoms with van der Waals surface area (Å²) in [5, 5.41) is 15.5. The monoisotopic (exact) mass is 308 g/mol. The summed E-state index contributed by atoms with van der Waals surface area (Å²) >= 11 is 1.57. The average Bonchev–Trinajstić information content (AvgIpc) is 2.90. The van der Waals surface area contributed by atoms with Crippen LogP contribution in [0.15, 0.2) is 35.7 Å². The lowest BCUT2D eigenvalue weighted by Gasteiger charge is -2.13. The normalized spacial score (nSPS) is 11.9. The smallest absolute Gasteiger partial charge is 0.282 e. The number of thiophene rings is 1. The third kappa shape index (κ3) is 3.85. The van der Waals surface area contributed by atoms with Gasteiger partial charge in [0.15, 0.2) is 0 Å². The van der Waals surface area contributed by atoms with E-state index in [1.165, 1.54) is 0 Å². The highest BCUT2D eigenvalue weighted by atomic mass is 32.1. The molecule has 0 aliphatic carbocycles. The number of hydrogen-bond acceptors (Lipinski definition) is 4. The number of nitro groups is 1. The van der Waals surface area contributed by atoms with Crippen molar-refractivity contribution in [3.63, 3.8) is 0 Å². The summed E-state index contributed by atoms with van der Waals surface area (Å²) < 4.78 is 13.2. The summed E-state index contributed by atoms with van der Waals surface area (Å²) in [7, 11) is 0. The van der Waals surface area contributed by atoms with Gasteiger partial charge >= 0.3 is 0 Å². The second-order valence-corrected chi connectivity index (χ2v) is 5.61. The molecule has 21 heavy (non-hydrogen) atoms. The van der Waals surface area contributed by atoms with E-state index in [0.29, 0.717) is 6.42 Å². The van der Waals surface area contributed by atoms with Gasteiger partial charge in [-0.3, -0.25) is 14.9 Å². The molecular formula is C14H13FN2O3S. The van der Waals surface area contributed by atoms with Crippen molar-refractivity contribution >= 4 is 22.9 Å². The molecule has 0 bridgehead atoms. The highest BCUT2D eigenvalue weighted by molar-refractivity contribution is 7.09. The Morgan fingerprint density at radius 2 is 2.24 bits per heavy atom. The van der Waals surface area contributed by atoms with E-state index in [-0.39, 0.29) is 11.6 Å². The Balaban J connectivity index is 2.12. The number of benzene rings is 1. The summed E-state index contributed by atoms with van der Waals surface area (Å²) in [6.45, 7) is 1.79. The summed E-state index contributed by atoms with van der Waals surface area (Å²) in [6, 6.07) is 6.48. The fourth-order valence-electron chi connectivity index (χ4n) is 1.93. The Bertz CT molecular complexity index is 658. The minimum atomic E-state index is -0.696. The zero-order valence-corrected chi connectivity index (χ0v) is 12.0. The minimum absolute atomic E-state index is 0.209. The summed E-state index contributed by atoms with van der Waals surface area (Å²) in [5.74, 6) is -1.33. The SMILES string of the molecule is CC(Cc1cccs1)NC(=O)c1cc(F)ccc1[N+](=O)[O-]. The first-order valence-electron chi connectivity index (χ1n) is 6.24. The van der Waals surface area contributed by atoms with E-state index in [2.05, 4.69) is 5.32 Å². The maximum Gasteiger partial charge on any atom is 0.282 e. The summed E-state index contributed by atoms with van der Waals surface area (Å²) in [5.41, 5.74) is -0.671. The summed E-state index contributed by atoms with van der Waals surface area (Å²) in [4.78, 5) is 23.4. The molecule has 0 spiro atoms. The van der Waals surface area contributed by atoms with Crippen LogP contribution in [0.25, 0.3) is 0 Å². The number of nitrogens with zero attached hydrogens (tertiary/aromatic N) is 1. The van der Waals surface area contributed by atoms with E-state index >= 15 is 0 Å². The molecule has 1 aromatic heterocycles. The van der Waals surface area contributed by atoms with E-state index in [0.717, 1.165) is 23.1 Å². The van der Waals surface area contributed by atoms with Crippen LogP contribution in [0.4, 0.5) is 10.1 Å². The third-order valence-corrected chi connectivity index (χ3v) is 3.76. The van der Waals surface area contributed by atoms with Gasteiger partial charge in [0.05, 0.1) is 4.92 Å². The third-order valence-electron chi connectivity index (χ3n) is 2.86. The Hall–Kier alpha value is -2.28. The highest BCUT2D eigenvalue weighted by Crippen LogP contribution is 2.20. The van der Waals surface area contributed by atoms with E-state index in [9.17, 15) is 19.3 Å². The van der Waals surface area contributed by atoms with Gasteiger partial charge in [-0.1, -0.05) is 6.07 Å². The number of halogens is 1. The molecule has 7 heteroatoms. The van der Waals surface area contributed by atoms with Crippen molar-refractivity contribution in [1.82, 2.24) is 5.32 Å². The van der Waals surface area contributed by atoms with Crippen molar-refractivity contribution < 1.29 is 14.1 Å². The topological polar surface area (TPSA) is 72.2 Å². The molecule has 110 valence electrons. The molecule has 1 atom stereocenters. The van der Waals surface area contributed by atoms with Crippen LogP contribution in [0.5, 0.6) is 0 Å². The van der Waals surface area contributed by atoms with Gasteiger partial charge in [-0.2, -0.15) is 0 Å². The highest BCUT2D eigenvalue weighted by Gasteiger charge is 2.22. The van der Waals surface area contributed by atoms with E-state index in [1.807, 2.05) is 17.5 Å². The molecule has 0 aliphatic heterocycles. The number of nitro benzene ring substituents is 1. The first kappa shape index (κ1) is 15.1. The van der Waals surface area contributed by atoms with E-state index < -0.39 is 22.3 Å². The maximum absolute atomic E-state index is 13.2. The molecular weight excluding hydrogens is 295 g/mol. The second kappa shape index (κ2) is 6.45. The van der Waals surface area contributed by atoms with Crippen LogP contribution in [-0.4, -0.2) is 16.9 Å². The molecule has 1 heterocycles. The predicted octanol–water partition coefficient (Wildman–Crippen LogP) is 3.16. The fourth-order valence-corrected chi connectivity index (χ4v) is 2.77. The van der Waals surface area contributed by atoms with Crippen LogP contribution in [0.3, 0.4) is 0 Å². The minimum Gasteiger partial charge on any atom is -0.349 e. The van der Waals surface area contributed by atoms with Crippen LogP contribution in [0.2, 0.25) is 0 Å². The van der Waals surface area contributed by atoms with Crippen molar-refractivity contribution in [2.45, 2.75) is 19.4 Å².